The normalized spacial score (nSPS) is 28.2. The van der Waals surface area contributed by atoms with Crippen molar-refractivity contribution < 1.29 is 23.1 Å². The highest BCUT2D eigenvalue weighted by Gasteiger charge is 2.40. The van der Waals surface area contributed by atoms with Crippen molar-refractivity contribution in [3.8, 4) is 0 Å². The van der Waals surface area contributed by atoms with Gasteiger partial charge in [-0.1, -0.05) is 6.92 Å². The number of hydrogen-bond donors (Lipinski definition) is 1. The topological polar surface area (TPSA) is 83.9 Å². The van der Waals surface area contributed by atoms with E-state index in [1.165, 1.54) is 11.4 Å². The zero-order chi connectivity index (χ0) is 13.2. The van der Waals surface area contributed by atoms with Crippen LogP contribution in [0.3, 0.4) is 0 Å². The van der Waals surface area contributed by atoms with Crippen LogP contribution in [-0.2, 0) is 19.6 Å². The van der Waals surface area contributed by atoms with Gasteiger partial charge in [0.05, 0.1) is 17.8 Å². The molecule has 0 aromatic carbocycles. The molecule has 0 aromatic heterocycles. The molecule has 1 saturated heterocycles. The molecule has 1 fully saturated rings. The first kappa shape index (κ1) is 14.4. The summed E-state index contributed by atoms with van der Waals surface area (Å²) < 4.78 is 30.1. The number of rotatable bonds is 5. The minimum Gasteiger partial charge on any atom is -0.481 e. The summed E-state index contributed by atoms with van der Waals surface area (Å²) in [6.07, 6.45) is -0.390. The number of methoxy groups -OCH3 is 1. The molecule has 0 aromatic rings. The average molecular weight is 265 g/mol. The quantitative estimate of drug-likeness (QED) is 0.756. The molecule has 0 spiro atoms. The van der Waals surface area contributed by atoms with Gasteiger partial charge >= 0.3 is 5.97 Å². The van der Waals surface area contributed by atoms with E-state index in [9.17, 15) is 13.2 Å². The molecule has 1 rings (SSSR count). The van der Waals surface area contributed by atoms with Gasteiger partial charge in [-0.05, 0) is 12.8 Å². The lowest BCUT2D eigenvalue weighted by molar-refractivity contribution is -0.142. The standard InChI is InChI=1S/C10H19NO5S/c1-7-4-11(5-9(7)10(12)13)17(14,15)6-8(2)16-3/h7-9H,4-6H2,1-3H3,(H,12,13)/t7-,8?,9-/m1/s1. The molecule has 1 aliphatic heterocycles. The summed E-state index contributed by atoms with van der Waals surface area (Å²) in [5.41, 5.74) is 0. The fourth-order valence-electron chi connectivity index (χ4n) is 1.94. The van der Waals surface area contributed by atoms with E-state index in [0.29, 0.717) is 0 Å². The molecule has 0 bridgehead atoms. The van der Waals surface area contributed by atoms with Crippen LogP contribution in [0, 0.1) is 11.8 Å². The summed E-state index contributed by atoms with van der Waals surface area (Å²) in [5, 5.41) is 8.95. The van der Waals surface area contributed by atoms with Crippen LogP contribution < -0.4 is 0 Å². The number of carboxylic acid groups (broad SMARTS) is 1. The Bertz CT molecular complexity index is 380. The lowest BCUT2D eigenvalue weighted by atomic mass is 9.99. The van der Waals surface area contributed by atoms with E-state index in [4.69, 9.17) is 9.84 Å². The van der Waals surface area contributed by atoms with Crippen molar-refractivity contribution in [2.75, 3.05) is 26.0 Å². The average Bonchev–Trinajstić information content (AvgIpc) is 2.60. The molecule has 1 aliphatic rings. The summed E-state index contributed by atoms with van der Waals surface area (Å²) >= 11 is 0. The van der Waals surface area contributed by atoms with E-state index < -0.39 is 21.9 Å². The predicted molar refractivity (Wildman–Crippen MR) is 62.1 cm³/mol. The van der Waals surface area contributed by atoms with Crippen molar-refractivity contribution in [1.82, 2.24) is 4.31 Å². The Labute approximate surface area is 102 Å². The van der Waals surface area contributed by atoms with Crippen LogP contribution in [-0.4, -0.2) is 55.9 Å². The van der Waals surface area contributed by atoms with Crippen molar-refractivity contribution >= 4 is 16.0 Å². The van der Waals surface area contributed by atoms with Gasteiger partial charge in [-0.15, -0.1) is 0 Å². The number of nitrogens with zero attached hydrogens (tertiary/aromatic N) is 1. The third-order valence-electron chi connectivity index (χ3n) is 3.14. The molecule has 7 heteroatoms. The molecule has 0 amide bonds. The van der Waals surface area contributed by atoms with Gasteiger partial charge < -0.3 is 9.84 Å². The number of aliphatic carboxylic acids is 1. The molecule has 0 saturated carbocycles. The maximum Gasteiger partial charge on any atom is 0.308 e. The number of carboxylic acids is 1. The van der Waals surface area contributed by atoms with Crippen LogP contribution in [0.15, 0.2) is 0 Å². The number of hydrogen-bond acceptors (Lipinski definition) is 4. The van der Waals surface area contributed by atoms with Crippen LogP contribution in [0.25, 0.3) is 0 Å². The van der Waals surface area contributed by atoms with Gasteiger partial charge in [0, 0.05) is 20.2 Å². The molecule has 1 heterocycles. The fourth-order valence-corrected chi connectivity index (χ4v) is 3.73. The third-order valence-corrected chi connectivity index (χ3v) is 5.11. The third kappa shape index (κ3) is 3.40. The van der Waals surface area contributed by atoms with Crippen LogP contribution in [0.4, 0.5) is 0 Å². The van der Waals surface area contributed by atoms with Gasteiger partial charge in [-0.2, -0.15) is 0 Å². The monoisotopic (exact) mass is 265 g/mol. The molecule has 0 aliphatic carbocycles. The highest BCUT2D eigenvalue weighted by atomic mass is 32.2. The second-order valence-electron chi connectivity index (χ2n) is 4.56. The highest BCUT2D eigenvalue weighted by molar-refractivity contribution is 7.89. The zero-order valence-corrected chi connectivity index (χ0v) is 11.1. The van der Waals surface area contributed by atoms with Gasteiger partial charge in [0.25, 0.3) is 0 Å². The zero-order valence-electron chi connectivity index (χ0n) is 10.3. The minimum atomic E-state index is -3.43. The Morgan fingerprint density at radius 1 is 1.53 bits per heavy atom. The SMILES string of the molecule is COC(C)CS(=O)(=O)N1C[C@@H](C)[C@H](C(=O)O)C1. The number of ether oxygens (including phenoxy) is 1. The highest BCUT2D eigenvalue weighted by Crippen LogP contribution is 2.26. The van der Waals surface area contributed by atoms with E-state index in [0.717, 1.165) is 0 Å². The maximum absolute atomic E-state index is 12.0. The molecular formula is C10H19NO5S. The molecule has 0 radical (unpaired) electrons. The van der Waals surface area contributed by atoms with Crippen molar-refractivity contribution in [2.45, 2.75) is 20.0 Å². The van der Waals surface area contributed by atoms with Crippen molar-refractivity contribution in [2.24, 2.45) is 11.8 Å². The molecule has 17 heavy (non-hydrogen) atoms. The van der Waals surface area contributed by atoms with E-state index in [-0.39, 0.29) is 30.9 Å². The van der Waals surface area contributed by atoms with Crippen molar-refractivity contribution in [3.05, 3.63) is 0 Å². The number of sulfonamides is 1. The van der Waals surface area contributed by atoms with E-state index >= 15 is 0 Å². The Balaban J connectivity index is 2.73. The molecular weight excluding hydrogens is 246 g/mol. The van der Waals surface area contributed by atoms with Gasteiger partial charge in [-0.3, -0.25) is 4.79 Å². The Hall–Kier alpha value is -0.660. The van der Waals surface area contributed by atoms with Gasteiger partial charge in [0.1, 0.15) is 0 Å². The Morgan fingerprint density at radius 2 is 2.12 bits per heavy atom. The summed E-state index contributed by atoms with van der Waals surface area (Å²) in [4.78, 5) is 10.9. The fraction of sp³-hybridized carbons (Fsp3) is 0.900. The second-order valence-corrected chi connectivity index (χ2v) is 6.58. The molecule has 6 nitrogen and oxygen atoms in total. The first-order chi connectivity index (χ1) is 7.77. The second kappa shape index (κ2) is 5.32. The van der Waals surface area contributed by atoms with Gasteiger partial charge in [-0.25, -0.2) is 12.7 Å². The van der Waals surface area contributed by atoms with Crippen LogP contribution in [0.5, 0.6) is 0 Å². The first-order valence-corrected chi connectivity index (χ1v) is 7.12. The van der Waals surface area contributed by atoms with Crippen LogP contribution in [0.2, 0.25) is 0 Å². The minimum absolute atomic E-state index is 0.0647. The predicted octanol–water partition coefficient (Wildman–Crippen LogP) is 0.00360. The molecule has 1 N–H and O–H groups in total. The molecule has 1 unspecified atom stereocenters. The summed E-state index contributed by atoms with van der Waals surface area (Å²) in [6, 6.07) is 0. The molecule has 3 atom stereocenters. The van der Waals surface area contributed by atoms with Gasteiger partial charge in [0.15, 0.2) is 0 Å². The van der Waals surface area contributed by atoms with Crippen molar-refractivity contribution in [1.29, 1.82) is 0 Å². The van der Waals surface area contributed by atoms with E-state index in [1.54, 1.807) is 13.8 Å². The molecule has 100 valence electrons. The van der Waals surface area contributed by atoms with E-state index in [1.807, 2.05) is 0 Å². The van der Waals surface area contributed by atoms with Crippen LogP contribution in [0.1, 0.15) is 13.8 Å². The van der Waals surface area contributed by atoms with E-state index in [2.05, 4.69) is 0 Å². The van der Waals surface area contributed by atoms with Gasteiger partial charge in [0.2, 0.25) is 10.0 Å². The Morgan fingerprint density at radius 3 is 2.53 bits per heavy atom. The lowest BCUT2D eigenvalue weighted by Gasteiger charge is -2.18. The maximum atomic E-state index is 12.0. The Kier molecular flexibility index (Phi) is 4.51. The van der Waals surface area contributed by atoms with Crippen molar-refractivity contribution in [3.63, 3.8) is 0 Å². The summed E-state index contributed by atoms with van der Waals surface area (Å²) in [7, 11) is -1.97. The first-order valence-electron chi connectivity index (χ1n) is 5.51. The largest absolute Gasteiger partial charge is 0.481 e. The number of carbonyl (C=O) groups is 1. The smallest absolute Gasteiger partial charge is 0.308 e. The summed E-state index contributed by atoms with van der Waals surface area (Å²) in [6.45, 7) is 3.77. The lowest BCUT2D eigenvalue weighted by Crippen LogP contribution is -2.35. The van der Waals surface area contributed by atoms with Crippen LogP contribution >= 0.6 is 0 Å². The summed E-state index contributed by atoms with van der Waals surface area (Å²) in [5.74, 6) is -1.81.